The molecule has 2 aromatic rings. The molecule has 1 amide bonds. The number of rotatable bonds is 7. The summed E-state index contributed by atoms with van der Waals surface area (Å²) in [7, 11) is 2.73. The third-order valence-corrected chi connectivity index (χ3v) is 4.89. The van der Waals surface area contributed by atoms with E-state index < -0.39 is 5.97 Å². The summed E-state index contributed by atoms with van der Waals surface area (Å²) in [5.74, 6) is 1.07. The van der Waals surface area contributed by atoms with Crippen LogP contribution in [0.2, 0.25) is 0 Å². The molecule has 0 aromatic heterocycles. The van der Waals surface area contributed by atoms with E-state index in [1.165, 1.54) is 26.0 Å². The lowest BCUT2D eigenvalue weighted by molar-refractivity contribution is -0.142. The van der Waals surface area contributed by atoms with Gasteiger partial charge in [0.05, 0.1) is 19.9 Å². The zero-order chi connectivity index (χ0) is 20.8. The quantitative estimate of drug-likeness (QED) is 0.541. The first kappa shape index (κ1) is 20.7. The minimum absolute atomic E-state index is 0.257. The predicted octanol–water partition coefficient (Wildman–Crippen LogP) is 2.99. The molecule has 0 atom stereocenters. The fourth-order valence-electron chi connectivity index (χ4n) is 2.65. The minimum Gasteiger partial charge on any atom is -0.493 e. The lowest BCUT2D eigenvalue weighted by Gasteiger charge is -2.21. The third-order valence-electron chi connectivity index (χ3n) is 4.11. The van der Waals surface area contributed by atoms with Crippen molar-refractivity contribution in [1.82, 2.24) is 0 Å². The molecule has 2 aromatic carbocycles. The van der Waals surface area contributed by atoms with Gasteiger partial charge >= 0.3 is 5.97 Å². The Balaban J connectivity index is 1.79. The molecule has 1 heterocycles. The molecule has 0 bridgehead atoms. The molecule has 0 aliphatic carbocycles. The van der Waals surface area contributed by atoms with Crippen LogP contribution < -0.4 is 24.3 Å². The number of ether oxygens (including phenoxy) is 5. The number of esters is 1. The van der Waals surface area contributed by atoms with E-state index in [0.29, 0.717) is 47.5 Å². The fourth-order valence-corrected chi connectivity index (χ4v) is 3.21. The van der Waals surface area contributed by atoms with Gasteiger partial charge in [-0.2, -0.15) is 0 Å². The van der Waals surface area contributed by atoms with Crippen LogP contribution in [0.15, 0.2) is 35.2 Å². The number of benzene rings is 2. The van der Waals surface area contributed by atoms with E-state index in [4.69, 9.17) is 18.9 Å². The van der Waals surface area contributed by atoms with E-state index in [9.17, 15) is 9.59 Å². The van der Waals surface area contributed by atoms with Gasteiger partial charge < -0.3 is 29.0 Å². The van der Waals surface area contributed by atoms with Gasteiger partial charge in [0.25, 0.3) is 5.91 Å². The Labute approximate surface area is 172 Å². The Kier molecular flexibility index (Phi) is 6.71. The van der Waals surface area contributed by atoms with Crippen LogP contribution in [-0.2, 0) is 9.53 Å². The van der Waals surface area contributed by atoms with E-state index in [1.807, 2.05) is 12.3 Å². The average molecular weight is 419 g/mol. The fraction of sp³-hybridized carbons (Fsp3) is 0.300. The van der Waals surface area contributed by atoms with Crippen molar-refractivity contribution in [2.75, 3.05) is 45.6 Å². The van der Waals surface area contributed by atoms with Crippen molar-refractivity contribution in [3.8, 4) is 23.0 Å². The van der Waals surface area contributed by atoms with Gasteiger partial charge in [0, 0.05) is 16.5 Å². The van der Waals surface area contributed by atoms with Crippen molar-refractivity contribution in [2.24, 2.45) is 0 Å². The summed E-state index contributed by atoms with van der Waals surface area (Å²) in [6.45, 7) is 0.701. The third kappa shape index (κ3) is 4.86. The standard InChI is InChI=1S/C20H21NO7S/c1-24-15-8-12(4-5-14(15)28-11-19(22)25-2)20(23)21-13-9-16-17(10-18(13)29-3)27-7-6-26-16/h4-5,8-10H,6-7,11H2,1-3H3,(H,21,23). The second-order valence-corrected chi connectivity index (χ2v) is 6.73. The second-order valence-electron chi connectivity index (χ2n) is 5.88. The number of thioether (sulfide) groups is 1. The molecular formula is C20H21NO7S. The molecule has 8 nitrogen and oxygen atoms in total. The number of anilines is 1. The molecule has 0 fully saturated rings. The molecule has 0 spiro atoms. The Bertz CT molecular complexity index is 916. The maximum Gasteiger partial charge on any atom is 0.343 e. The van der Waals surface area contributed by atoms with Crippen molar-refractivity contribution in [3.63, 3.8) is 0 Å². The minimum atomic E-state index is -0.517. The van der Waals surface area contributed by atoms with Crippen LogP contribution in [0.1, 0.15) is 10.4 Å². The van der Waals surface area contributed by atoms with Gasteiger partial charge in [0.1, 0.15) is 13.2 Å². The summed E-state index contributed by atoms with van der Waals surface area (Å²) in [5, 5.41) is 2.89. The van der Waals surface area contributed by atoms with Crippen LogP contribution in [0.4, 0.5) is 5.69 Å². The summed E-state index contributed by atoms with van der Waals surface area (Å²) < 4.78 is 26.4. The van der Waals surface area contributed by atoms with E-state index in [0.717, 1.165) is 4.90 Å². The second kappa shape index (κ2) is 9.42. The van der Waals surface area contributed by atoms with Gasteiger partial charge in [-0.25, -0.2) is 4.79 Å². The van der Waals surface area contributed by atoms with E-state index in [1.54, 1.807) is 24.3 Å². The van der Waals surface area contributed by atoms with Crippen LogP contribution in [-0.4, -0.2) is 52.2 Å². The van der Waals surface area contributed by atoms with Crippen LogP contribution in [0.5, 0.6) is 23.0 Å². The average Bonchev–Trinajstić information content (AvgIpc) is 2.76. The first-order valence-electron chi connectivity index (χ1n) is 8.72. The monoisotopic (exact) mass is 419 g/mol. The molecule has 154 valence electrons. The van der Waals surface area contributed by atoms with Gasteiger partial charge in [0.2, 0.25) is 0 Å². The number of carbonyl (C=O) groups excluding carboxylic acids is 2. The SMILES string of the molecule is COC(=O)COc1ccc(C(=O)Nc2cc3c(cc2SC)OCCO3)cc1OC. The van der Waals surface area contributed by atoms with Crippen LogP contribution >= 0.6 is 11.8 Å². The van der Waals surface area contributed by atoms with Crippen molar-refractivity contribution in [2.45, 2.75) is 4.90 Å². The van der Waals surface area contributed by atoms with E-state index in [-0.39, 0.29) is 12.5 Å². The molecular weight excluding hydrogens is 398 g/mol. The van der Waals surface area contributed by atoms with Crippen LogP contribution in [0.3, 0.4) is 0 Å². The summed E-state index contributed by atoms with van der Waals surface area (Å²) in [6.07, 6.45) is 1.91. The number of methoxy groups -OCH3 is 2. The number of nitrogens with one attached hydrogen (secondary N) is 1. The number of amides is 1. The first-order chi connectivity index (χ1) is 14.0. The molecule has 29 heavy (non-hydrogen) atoms. The largest absolute Gasteiger partial charge is 0.493 e. The van der Waals surface area contributed by atoms with Gasteiger partial charge in [-0.3, -0.25) is 4.79 Å². The molecule has 0 unspecified atom stereocenters. The highest BCUT2D eigenvalue weighted by Gasteiger charge is 2.18. The molecule has 1 aliphatic rings. The Hall–Kier alpha value is -3.07. The Morgan fingerprint density at radius 1 is 1.07 bits per heavy atom. The highest BCUT2D eigenvalue weighted by molar-refractivity contribution is 7.98. The summed E-state index contributed by atoms with van der Waals surface area (Å²) >= 11 is 1.49. The summed E-state index contributed by atoms with van der Waals surface area (Å²) in [5.41, 5.74) is 0.992. The van der Waals surface area contributed by atoms with Gasteiger partial charge in [-0.1, -0.05) is 0 Å². The van der Waals surface area contributed by atoms with Crippen molar-refractivity contribution < 1.29 is 33.3 Å². The number of hydrogen-bond donors (Lipinski definition) is 1. The topological polar surface area (TPSA) is 92.3 Å². The van der Waals surface area contributed by atoms with Crippen LogP contribution in [0.25, 0.3) is 0 Å². The van der Waals surface area contributed by atoms with Gasteiger partial charge in [-0.05, 0) is 30.5 Å². The molecule has 1 aliphatic heterocycles. The van der Waals surface area contributed by atoms with Crippen molar-refractivity contribution in [3.05, 3.63) is 35.9 Å². The smallest absolute Gasteiger partial charge is 0.343 e. The van der Waals surface area contributed by atoms with E-state index in [2.05, 4.69) is 10.1 Å². The van der Waals surface area contributed by atoms with Crippen molar-refractivity contribution in [1.29, 1.82) is 0 Å². The van der Waals surface area contributed by atoms with Crippen LogP contribution in [0, 0.1) is 0 Å². The lowest BCUT2D eigenvalue weighted by Crippen LogP contribution is -2.17. The van der Waals surface area contributed by atoms with Gasteiger partial charge in [-0.15, -0.1) is 11.8 Å². The lowest BCUT2D eigenvalue weighted by atomic mass is 10.1. The molecule has 0 saturated heterocycles. The molecule has 0 saturated carbocycles. The molecule has 9 heteroatoms. The highest BCUT2D eigenvalue weighted by Crippen LogP contribution is 2.39. The maximum atomic E-state index is 12.8. The zero-order valence-corrected chi connectivity index (χ0v) is 17.1. The highest BCUT2D eigenvalue weighted by atomic mass is 32.2. The summed E-state index contributed by atoms with van der Waals surface area (Å²) in [4.78, 5) is 24.9. The number of hydrogen-bond acceptors (Lipinski definition) is 8. The zero-order valence-electron chi connectivity index (χ0n) is 16.3. The Morgan fingerprint density at radius 2 is 1.79 bits per heavy atom. The molecule has 1 N–H and O–H groups in total. The van der Waals surface area contributed by atoms with Gasteiger partial charge in [0.15, 0.2) is 29.6 Å². The van der Waals surface area contributed by atoms with E-state index >= 15 is 0 Å². The summed E-state index contributed by atoms with van der Waals surface area (Å²) in [6, 6.07) is 8.29. The number of fused-ring (bicyclic) bond motifs is 1. The molecule has 0 radical (unpaired) electrons. The predicted molar refractivity (Wildman–Crippen MR) is 108 cm³/mol. The molecule has 3 rings (SSSR count). The Morgan fingerprint density at radius 3 is 2.45 bits per heavy atom. The number of carbonyl (C=O) groups is 2. The first-order valence-corrected chi connectivity index (χ1v) is 9.94. The maximum absolute atomic E-state index is 12.8. The van der Waals surface area contributed by atoms with Crippen molar-refractivity contribution >= 4 is 29.3 Å². The normalized spacial score (nSPS) is 12.1.